The van der Waals surface area contributed by atoms with Gasteiger partial charge in [-0.3, -0.25) is 10.2 Å². The second-order valence-electron chi connectivity index (χ2n) is 8.35. The molecule has 0 radical (unpaired) electrons. The maximum Gasteiger partial charge on any atom is 0.272 e. The maximum atomic E-state index is 13.6. The molecule has 32 heavy (non-hydrogen) atoms. The number of hydrazine groups is 1. The number of hydrogen-bond acceptors (Lipinski definition) is 5. The summed E-state index contributed by atoms with van der Waals surface area (Å²) < 4.78 is 38.3. The van der Waals surface area contributed by atoms with E-state index in [0.717, 1.165) is 19.6 Å². The number of aryl methyl sites for hydroxylation is 2. The van der Waals surface area contributed by atoms with E-state index >= 15 is 0 Å². The molecule has 1 unspecified atom stereocenters. The Morgan fingerprint density at radius 3 is 2.09 bits per heavy atom. The Hall–Kier alpha value is -2.71. The molecule has 1 amide bonds. The highest BCUT2D eigenvalue weighted by Crippen LogP contribution is 2.17. The van der Waals surface area contributed by atoms with Crippen molar-refractivity contribution in [2.24, 2.45) is 5.92 Å². The van der Waals surface area contributed by atoms with Gasteiger partial charge in [-0.15, -0.1) is 0 Å². The summed E-state index contributed by atoms with van der Waals surface area (Å²) in [5.41, 5.74) is 3.97. The minimum Gasteiger partial charge on any atom is -0.493 e. The second-order valence-corrected chi connectivity index (χ2v) is 8.35. The van der Waals surface area contributed by atoms with E-state index in [4.69, 9.17) is 9.47 Å². The molecule has 0 bridgehead atoms. The summed E-state index contributed by atoms with van der Waals surface area (Å²) in [4.78, 5) is 14.4. The van der Waals surface area contributed by atoms with E-state index in [2.05, 4.69) is 17.2 Å². The summed E-state index contributed by atoms with van der Waals surface area (Å²) in [6.45, 7) is 9.71. The van der Waals surface area contributed by atoms with E-state index in [1.165, 1.54) is 12.1 Å². The highest BCUT2D eigenvalue weighted by molar-refractivity contribution is 5.77. The molecule has 0 aromatic heterocycles. The lowest BCUT2D eigenvalue weighted by Crippen LogP contribution is -2.55. The molecule has 0 aliphatic carbocycles. The van der Waals surface area contributed by atoms with Crippen molar-refractivity contribution in [2.75, 3.05) is 45.9 Å². The van der Waals surface area contributed by atoms with Gasteiger partial charge in [0.1, 0.15) is 23.1 Å². The third-order valence-corrected chi connectivity index (χ3v) is 5.42. The van der Waals surface area contributed by atoms with E-state index in [9.17, 15) is 13.6 Å². The molecule has 0 spiro atoms. The normalized spacial score (nSPS) is 15.9. The number of ether oxygens (including phenoxy) is 2. The third-order valence-electron chi connectivity index (χ3n) is 5.42. The molecule has 8 heteroatoms. The smallest absolute Gasteiger partial charge is 0.272 e. The Morgan fingerprint density at radius 1 is 0.969 bits per heavy atom. The van der Waals surface area contributed by atoms with Crippen LogP contribution in [0.25, 0.3) is 0 Å². The van der Waals surface area contributed by atoms with Crippen LogP contribution < -0.4 is 14.9 Å². The second kappa shape index (κ2) is 11.2. The van der Waals surface area contributed by atoms with Crippen LogP contribution in [0.2, 0.25) is 0 Å². The lowest BCUT2D eigenvalue weighted by atomic mass is 10.1. The van der Waals surface area contributed by atoms with Crippen molar-refractivity contribution < 1.29 is 23.0 Å². The molecular weight excluding hydrogens is 416 g/mol. The van der Waals surface area contributed by atoms with Crippen molar-refractivity contribution in [1.82, 2.24) is 15.3 Å². The van der Waals surface area contributed by atoms with Crippen LogP contribution in [0, 0.1) is 31.4 Å². The van der Waals surface area contributed by atoms with Crippen LogP contribution in [0.1, 0.15) is 18.1 Å². The standard InChI is InChI=1S/C24H31F2N3O3/c1-17(15-31-20-6-4-18(2)22(25)12-20)14-28-8-10-29(11-9-28)27-24(30)16-32-21-7-5-19(3)23(26)13-21/h4-7,12-13,17H,8-11,14-16H2,1-3H3,(H,27,30). The summed E-state index contributed by atoms with van der Waals surface area (Å²) in [7, 11) is 0. The third kappa shape index (κ3) is 7.17. The number of nitrogens with one attached hydrogen (secondary N) is 1. The van der Waals surface area contributed by atoms with Crippen LogP contribution in [0.3, 0.4) is 0 Å². The summed E-state index contributed by atoms with van der Waals surface area (Å²) in [6, 6.07) is 9.46. The van der Waals surface area contributed by atoms with Gasteiger partial charge in [0, 0.05) is 50.8 Å². The van der Waals surface area contributed by atoms with Crippen LogP contribution in [0.4, 0.5) is 8.78 Å². The van der Waals surface area contributed by atoms with Crippen molar-refractivity contribution in [2.45, 2.75) is 20.8 Å². The van der Waals surface area contributed by atoms with E-state index in [0.29, 0.717) is 42.3 Å². The van der Waals surface area contributed by atoms with Gasteiger partial charge in [-0.05, 0) is 37.1 Å². The number of carbonyl (C=O) groups excluding carboxylic acids is 1. The highest BCUT2D eigenvalue weighted by Gasteiger charge is 2.20. The average molecular weight is 448 g/mol. The Morgan fingerprint density at radius 2 is 1.53 bits per heavy atom. The lowest BCUT2D eigenvalue weighted by Gasteiger charge is -2.35. The number of piperazine rings is 1. The van der Waals surface area contributed by atoms with Crippen LogP contribution in [0.15, 0.2) is 36.4 Å². The summed E-state index contributed by atoms with van der Waals surface area (Å²) in [5.74, 6) is 0.269. The first-order chi connectivity index (χ1) is 15.3. The molecule has 3 rings (SSSR count). The first-order valence-electron chi connectivity index (χ1n) is 10.8. The molecule has 6 nitrogen and oxygen atoms in total. The van der Waals surface area contributed by atoms with Gasteiger partial charge in [-0.2, -0.15) is 0 Å². The summed E-state index contributed by atoms with van der Waals surface area (Å²) >= 11 is 0. The Kier molecular flexibility index (Phi) is 8.41. The van der Waals surface area contributed by atoms with Crippen molar-refractivity contribution in [3.8, 4) is 11.5 Å². The topological polar surface area (TPSA) is 54.0 Å². The van der Waals surface area contributed by atoms with E-state index in [1.807, 2.05) is 5.01 Å². The molecule has 1 aliphatic heterocycles. The molecule has 1 heterocycles. The molecule has 2 aromatic carbocycles. The molecule has 174 valence electrons. The number of rotatable bonds is 9. The van der Waals surface area contributed by atoms with Crippen molar-refractivity contribution in [1.29, 1.82) is 0 Å². The van der Waals surface area contributed by atoms with Crippen molar-refractivity contribution in [3.05, 3.63) is 59.2 Å². The van der Waals surface area contributed by atoms with Gasteiger partial charge in [0.2, 0.25) is 0 Å². The predicted molar refractivity (Wildman–Crippen MR) is 119 cm³/mol. The molecule has 1 fully saturated rings. The van der Waals surface area contributed by atoms with Gasteiger partial charge in [-0.25, -0.2) is 13.8 Å². The number of halogens is 2. The average Bonchev–Trinajstić information content (AvgIpc) is 2.77. The minimum absolute atomic E-state index is 0.170. The molecule has 2 aromatic rings. The Bertz CT molecular complexity index is 917. The van der Waals surface area contributed by atoms with Crippen molar-refractivity contribution in [3.63, 3.8) is 0 Å². The van der Waals surface area contributed by atoms with Gasteiger partial charge in [0.15, 0.2) is 6.61 Å². The van der Waals surface area contributed by atoms with Gasteiger partial charge in [-0.1, -0.05) is 19.1 Å². The number of amides is 1. The Balaban J connectivity index is 1.33. The van der Waals surface area contributed by atoms with Crippen LogP contribution in [-0.2, 0) is 4.79 Å². The predicted octanol–water partition coefficient (Wildman–Crippen LogP) is 3.32. The number of benzene rings is 2. The van der Waals surface area contributed by atoms with Crippen LogP contribution >= 0.6 is 0 Å². The van der Waals surface area contributed by atoms with Crippen LogP contribution in [-0.4, -0.2) is 61.8 Å². The lowest BCUT2D eigenvalue weighted by molar-refractivity contribution is -0.128. The monoisotopic (exact) mass is 447 g/mol. The van der Waals surface area contributed by atoms with Gasteiger partial charge in [0.05, 0.1) is 6.61 Å². The number of nitrogens with zero attached hydrogens (tertiary/aromatic N) is 2. The number of hydrogen-bond donors (Lipinski definition) is 1. The van der Waals surface area contributed by atoms with E-state index in [1.54, 1.807) is 38.1 Å². The molecule has 1 aliphatic rings. The molecule has 0 saturated carbocycles. The number of carbonyl (C=O) groups is 1. The van der Waals surface area contributed by atoms with Gasteiger partial charge >= 0.3 is 0 Å². The van der Waals surface area contributed by atoms with Crippen LogP contribution in [0.5, 0.6) is 11.5 Å². The zero-order valence-corrected chi connectivity index (χ0v) is 18.9. The first kappa shape index (κ1) is 23.9. The largest absolute Gasteiger partial charge is 0.493 e. The molecule has 1 N–H and O–H groups in total. The summed E-state index contributed by atoms with van der Waals surface area (Å²) in [5, 5.41) is 1.87. The zero-order valence-electron chi connectivity index (χ0n) is 18.9. The molecular formula is C24H31F2N3O3. The fourth-order valence-corrected chi connectivity index (χ4v) is 3.46. The SMILES string of the molecule is Cc1ccc(OCC(=O)NN2CCN(CC(C)COc3ccc(C)c(F)c3)CC2)cc1F. The fourth-order valence-electron chi connectivity index (χ4n) is 3.46. The van der Waals surface area contributed by atoms with E-state index < -0.39 is 0 Å². The van der Waals surface area contributed by atoms with E-state index in [-0.39, 0.29) is 30.1 Å². The fraction of sp³-hybridized carbons (Fsp3) is 0.458. The molecule has 1 saturated heterocycles. The van der Waals surface area contributed by atoms with Crippen molar-refractivity contribution >= 4 is 5.91 Å². The quantitative estimate of drug-likeness (QED) is 0.639. The zero-order chi connectivity index (χ0) is 23.1. The van der Waals surface area contributed by atoms with Gasteiger partial charge < -0.3 is 14.4 Å². The van der Waals surface area contributed by atoms with Gasteiger partial charge in [0.25, 0.3) is 5.91 Å². The highest BCUT2D eigenvalue weighted by atomic mass is 19.1. The maximum absolute atomic E-state index is 13.6. The molecule has 1 atom stereocenters. The summed E-state index contributed by atoms with van der Waals surface area (Å²) in [6.07, 6.45) is 0. The first-order valence-corrected chi connectivity index (χ1v) is 10.8. The minimum atomic E-state index is -0.357. The Labute approximate surface area is 188 Å².